The third-order valence-electron chi connectivity index (χ3n) is 3.69. The maximum absolute atomic E-state index is 12.5. The van der Waals surface area contributed by atoms with Crippen molar-refractivity contribution in [3.63, 3.8) is 0 Å². The summed E-state index contributed by atoms with van der Waals surface area (Å²) < 4.78 is 26.9. The predicted octanol–water partition coefficient (Wildman–Crippen LogP) is 4.11. The molecule has 0 saturated heterocycles. The number of benzene rings is 2. The summed E-state index contributed by atoms with van der Waals surface area (Å²) in [5, 5.41) is 12.4. The topological polar surface area (TPSA) is 95.5 Å². The van der Waals surface area contributed by atoms with Crippen LogP contribution in [0.25, 0.3) is 0 Å². The first-order valence-corrected chi connectivity index (χ1v) is 11.0. The number of carbonyl (C=O) groups is 1. The van der Waals surface area contributed by atoms with Gasteiger partial charge in [0, 0.05) is 12.6 Å². The number of nitrogens with one attached hydrogen (secondary N) is 2. The Hall–Kier alpha value is -1.51. The highest BCUT2D eigenvalue weighted by Gasteiger charge is 2.22. The molecule has 0 aliphatic carbocycles. The standard InChI is InChI=1S/C18H19Cl3N2O4S/c1-10(2)23-28(26,27)9-12-6-4-3-5-11(12)8-22-18(25)15-16(21)13(19)7-14(20)17(15)24/h3-7,10,23-24H,8-9H2,1-2H3,(H,22,25). The third-order valence-corrected chi connectivity index (χ3v) is 6.29. The van der Waals surface area contributed by atoms with Gasteiger partial charge in [-0.05, 0) is 31.0 Å². The van der Waals surface area contributed by atoms with Crippen LogP contribution in [-0.2, 0) is 22.3 Å². The molecule has 0 aliphatic rings. The van der Waals surface area contributed by atoms with Gasteiger partial charge in [0.25, 0.3) is 5.91 Å². The predicted molar refractivity (Wildman–Crippen MR) is 112 cm³/mol. The molecule has 28 heavy (non-hydrogen) atoms. The Bertz CT molecular complexity index is 968. The average Bonchev–Trinajstić information content (AvgIpc) is 2.58. The van der Waals surface area contributed by atoms with Gasteiger partial charge in [-0.15, -0.1) is 0 Å². The lowest BCUT2D eigenvalue weighted by atomic mass is 10.1. The SMILES string of the molecule is CC(C)NS(=O)(=O)Cc1ccccc1CNC(=O)c1c(O)c(Cl)cc(Cl)c1Cl. The minimum Gasteiger partial charge on any atom is -0.505 e. The van der Waals surface area contributed by atoms with Crippen molar-refractivity contribution in [2.75, 3.05) is 0 Å². The van der Waals surface area contributed by atoms with E-state index in [-0.39, 0.29) is 39.0 Å². The molecule has 0 saturated carbocycles. The van der Waals surface area contributed by atoms with Gasteiger partial charge in [0.15, 0.2) is 0 Å². The van der Waals surface area contributed by atoms with E-state index in [1.165, 1.54) is 6.07 Å². The van der Waals surface area contributed by atoms with E-state index < -0.39 is 21.7 Å². The second-order valence-corrected chi connectivity index (χ2v) is 9.31. The van der Waals surface area contributed by atoms with E-state index in [0.29, 0.717) is 11.1 Å². The molecule has 0 heterocycles. The van der Waals surface area contributed by atoms with E-state index >= 15 is 0 Å². The highest BCUT2D eigenvalue weighted by atomic mass is 35.5. The van der Waals surface area contributed by atoms with Gasteiger partial charge in [-0.2, -0.15) is 0 Å². The first-order valence-electron chi connectivity index (χ1n) is 8.23. The maximum atomic E-state index is 12.5. The molecule has 0 bridgehead atoms. The van der Waals surface area contributed by atoms with Gasteiger partial charge in [-0.3, -0.25) is 4.79 Å². The summed E-state index contributed by atoms with van der Waals surface area (Å²) in [6.45, 7) is 3.48. The highest BCUT2D eigenvalue weighted by molar-refractivity contribution is 7.88. The van der Waals surface area contributed by atoms with Crippen molar-refractivity contribution in [1.29, 1.82) is 0 Å². The fraction of sp³-hybridized carbons (Fsp3) is 0.278. The van der Waals surface area contributed by atoms with Gasteiger partial charge < -0.3 is 10.4 Å². The molecule has 0 aliphatic heterocycles. The average molecular weight is 466 g/mol. The molecule has 0 atom stereocenters. The van der Waals surface area contributed by atoms with Crippen LogP contribution in [-0.4, -0.2) is 25.5 Å². The highest BCUT2D eigenvalue weighted by Crippen LogP contribution is 2.38. The summed E-state index contributed by atoms with van der Waals surface area (Å²) in [6.07, 6.45) is 0. The van der Waals surface area contributed by atoms with E-state index in [4.69, 9.17) is 34.8 Å². The van der Waals surface area contributed by atoms with Crippen molar-refractivity contribution in [3.8, 4) is 5.75 Å². The quantitative estimate of drug-likeness (QED) is 0.536. The summed E-state index contributed by atoms with van der Waals surface area (Å²) in [6, 6.07) is 7.82. The number of hydrogen-bond acceptors (Lipinski definition) is 4. The van der Waals surface area contributed by atoms with Gasteiger partial charge in [-0.1, -0.05) is 59.1 Å². The minimum atomic E-state index is -3.53. The largest absolute Gasteiger partial charge is 0.505 e. The molecule has 2 aromatic carbocycles. The lowest BCUT2D eigenvalue weighted by Gasteiger charge is -2.14. The van der Waals surface area contributed by atoms with Gasteiger partial charge >= 0.3 is 0 Å². The number of halogens is 3. The second kappa shape index (κ2) is 9.33. The van der Waals surface area contributed by atoms with Gasteiger partial charge in [0.1, 0.15) is 11.3 Å². The zero-order valence-electron chi connectivity index (χ0n) is 15.1. The van der Waals surface area contributed by atoms with Crippen molar-refractivity contribution >= 4 is 50.7 Å². The van der Waals surface area contributed by atoms with E-state index in [0.717, 1.165) is 0 Å². The normalized spacial score (nSPS) is 11.6. The lowest BCUT2D eigenvalue weighted by molar-refractivity contribution is 0.0948. The first kappa shape index (κ1) is 22.8. The van der Waals surface area contributed by atoms with E-state index in [2.05, 4.69) is 10.0 Å². The van der Waals surface area contributed by atoms with Crippen molar-refractivity contribution in [1.82, 2.24) is 10.0 Å². The molecule has 152 valence electrons. The minimum absolute atomic E-state index is 0.0199. The molecule has 2 aromatic rings. The fourth-order valence-electron chi connectivity index (χ4n) is 2.53. The molecule has 0 fully saturated rings. The molecule has 0 unspecified atom stereocenters. The van der Waals surface area contributed by atoms with Crippen LogP contribution in [0.3, 0.4) is 0 Å². The van der Waals surface area contributed by atoms with E-state index in [1.807, 2.05) is 0 Å². The summed E-state index contributed by atoms with van der Waals surface area (Å²) in [5.74, 6) is -1.40. The summed E-state index contributed by atoms with van der Waals surface area (Å²) in [7, 11) is -3.53. The van der Waals surface area contributed by atoms with Crippen molar-refractivity contribution in [2.45, 2.75) is 32.2 Å². The smallest absolute Gasteiger partial charge is 0.256 e. The Labute approximate surface area is 178 Å². The van der Waals surface area contributed by atoms with Gasteiger partial charge in [-0.25, -0.2) is 13.1 Å². The molecular weight excluding hydrogens is 447 g/mol. The number of hydrogen-bond donors (Lipinski definition) is 3. The Morgan fingerprint density at radius 2 is 1.71 bits per heavy atom. The Morgan fingerprint density at radius 1 is 1.11 bits per heavy atom. The molecule has 0 aromatic heterocycles. The monoisotopic (exact) mass is 464 g/mol. The van der Waals surface area contributed by atoms with Crippen LogP contribution in [0.5, 0.6) is 5.75 Å². The van der Waals surface area contributed by atoms with Gasteiger partial charge in [0.2, 0.25) is 10.0 Å². The fourth-order valence-corrected chi connectivity index (χ4v) is 4.72. The Kier molecular flexibility index (Phi) is 7.59. The van der Waals surface area contributed by atoms with Crippen LogP contribution in [0, 0.1) is 0 Å². The zero-order valence-corrected chi connectivity index (χ0v) is 18.2. The zero-order chi connectivity index (χ0) is 21.1. The van der Waals surface area contributed by atoms with Crippen LogP contribution >= 0.6 is 34.8 Å². The van der Waals surface area contributed by atoms with Crippen LogP contribution in [0.1, 0.15) is 35.3 Å². The lowest BCUT2D eigenvalue weighted by Crippen LogP contribution is -2.32. The molecule has 0 radical (unpaired) electrons. The van der Waals surface area contributed by atoms with Crippen LogP contribution < -0.4 is 10.0 Å². The molecule has 3 N–H and O–H groups in total. The van der Waals surface area contributed by atoms with Gasteiger partial charge in [0.05, 0.1) is 20.8 Å². The molecule has 1 amide bonds. The number of rotatable bonds is 7. The maximum Gasteiger partial charge on any atom is 0.256 e. The number of phenolic OH excluding ortho intramolecular Hbond substituents is 1. The Balaban J connectivity index is 2.22. The van der Waals surface area contributed by atoms with Crippen molar-refractivity contribution in [2.24, 2.45) is 0 Å². The van der Waals surface area contributed by atoms with Crippen LogP contribution in [0.4, 0.5) is 0 Å². The van der Waals surface area contributed by atoms with Crippen molar-refractivity contribution in [3.05, 3.63) is 62.1 Å². The summed E-state index contributed by atoms with van der Waals surface area (Å²) in [5.41, 5.74) is 0.898. The summed E-state index contributed by atoms with van der Waals surface area (Å²) in [4.78, 5) is 12.5. The first-order chi connectivity index (χ1) is 13.0. The number of aromatic hydroxyl groups is 1. The molecular formula is C18H19Cl3N2O4S. The van der Waals surface area contributed by atoms with E-state index in [1.54, 1.807) is 38.1 Å². The molecule has 6 nitrogen and oxygen atoms in total. The number of sulfonamides is 1. The Morgan fingerprint density at radius 3 is 2.32 bits per heavy atom. The van der Waals surface area contributed by atoms with Crippen LogP contribution in [0.15, 0.2) is 30.3 Å². The number of carbonyl (C=O) groups excluding carboxylic acids is 1. The van der Waals surface area contributed by atoms with E-state index in [9.17, 15) is 18.3 Å². The molecule has 2 rings (SSSR count). The van der Waals surface area contributed by atoms with Crippen molar-refractivity contribution < 1.29 is 18.3 Å². The molecule has 0 spiro atoms. The third kappa shape index (κ3) is 5.75. The number of phenols is 1. The second-order valence-electron chi connectivity index (χ2n) is 6.36. The van der Waals surface area contributed by atoms with Crippen LogP contribution in [0.2, 0.25) is 15.1 Å². The molecule has 10 heteroatoms. The number of amides is 1. The summed E-state index contributed by atoms with van der Waals surface area (Å²) >= 11 is 17.8.